The van der Waals surface area contributed by atoms with Gasteiger partial charge in [0.05, 0.1) is 23.6 Å². The first-order chi connectivity index (χ1) is 16.4. The van der Waals surface area contributed by atoms with E-state index in [4.69, 9.17) is 27.2 Å². The third kappa shape index (κ3) is 5.05. The molecule has 0 saturated carbocycles. The standard InChI is InChI=1S/C25H23N3O4S2/c1-3-32-19-9-10-20(16(2)13-19)23-17(15-28(26-23)18-7-5-4-6-8-18)14-21-24(31)27(25(33)34-21)12-11-22(29)30/h4-10,13-15H,3,11-12H2,1-2H3,(H,29,30)/b21-14+. The van der Waals surface area contributed by atoms with Gasteiger partial charge >= 0.3 is 5.97 Å². The van der Waals surface area contributed by atoms with E-state index in [0.29, 0.717) is 15.8 Å². The summed E-state index contributed by atoms with van der Waals surface area (Å²) in [4.78, 5) is 25.7. The summed E-state index contributed by atoms with van der Waals surface area (Å²) in [6, 6.07) is 15.6. The highest BCUT2D eigenvalue weighted by Crippen LogP contribution is 2.36. The van der Waals surface area contributed by atoms with Crippen LogP contribution in [0.15, 0.2) is 59.6 Å². The minimum atomic E-state index is -0.976. The Kier molecular flexibility index (Phi) is 7.14. The lowest BCUT2D eigenvalue weighted by Gasteiger charge is -2.12. The SMILES string of the molecule is CCOc1ccc(-c2nn(-c3ccccc3)cc2/C=C2/SC(=S)N(CCC(=O)O)C2=O)c(C)c1. The zero-order valence-corrected chi connectivity index (χ0v) is 20.4. The van der Waals surface area contributed by atoms with E-state index in [2.05, 4.69) is 0 Å². The summed E-state index contributed by atoms with van der Waals surface area (Å²) in [6.07, 6.45) is 3.49. The third-order valence-corrected chi connectivity index (χ3v) is 6.61. The van der Waals surface area contributed by atoms with Gasteiger partial charge in [0.25, 0.3) is 5.91 Å². The van der Waals surface area contributed by atoms with Gasteiger partial charge in [-0.25, -0.2) is 4.68 Å². The van der Waals surface area contributed by atoms with E-state index in [-0.39, 0.29) is 18.9 Å². The van der Waals surface area contributed by atoms with Gasteiger partial charge in [-0.05, 0) is 55.8 Å². The minimum absolute atomic E-state index is 0.0471. The summed E-state index contributed by atoms with van der Waals surface area (Å²) in [5.74, 6) is -0.486. The number of carbonyl (C=O) groups is 2. The van der Waals surface area contributed by atoms with Crippen LogP contribution in [0.2, 0.25) is 0 Å². The average molecular weight is 494 g/mol. The van der Waals surface area contributed by atoms with Crippen LogP contribution >= 0.6 is 24.0 Å². The molecule has 9 heteroatoms. The van der Waals surface area contributed by atoms with Crippen LogP contribution in [0.25, 0.3) is 23.0 Å². The van der Waals surface area contributed by atoms with Gasteiger partial charge in [0, 0.05) is 23.9 Å². The van der Waals surface area contributed by atoms with Crippen LogP contribution in [-0.4, -0.2) is 49.1 Å². The summed E-state index contributed by atoms with van der Waals surface area (Å²) < 4.78 is 7.75. The number of aliphatic carboxylic acids is 1. The van der Waals surface area contributed by atoms with Crippen molar-refractivity contribution in [3.63, 3.8) is 0 Å². The lowest BCUT2D eigenvalue weighted by molar-refractivity contribution is -0.137. The van der Waals surface area contributed by atoms with Crippen molar-refractivity contribution >= 4 is 46.3 Å². The Balaban J connectivity index is 1.76. The lowest BCUT2D eigenvalue weighted by Crippen LogP contribution is -2.30. The van der Waals surface area contributed by atoms with Crippen LogP contribution in [-0.2, 0) is 9.59 Å². The van der Waals surface area contributed by atoms with Gasteiger partial charge in [-0.2, -0.15) is 5.10 Å². The molecule has 34 heavy (non-hydrogen) atoms. The second kappa shape index (κ2) is 10.2. The van der Waals surface area contributed by atoms with Crippen molar-refractivity contribution in [1.82, 2.24) is 14.7 Å². The topological polar surface area (TPSA) is 84.7 Å². The number of thioether (sulfide) groups is 1. The molecule has 0 spiro atoms. The molecule has 1 aromatic heterocycles. The number of ether oxygens (including phenoxy) is 1. The maximum Gasteiger partial charge on any atom is 0.305 e. The quantitative estimate of drug-likeness (QED) is 0.352. The Morgan fingerprint density at radius 2 is 2.00 bits per heavy atom. The molecule has 1 aliphatic rings. The molecule has 7 nitrogen and oxygen atoms in total. The predicted molar refractivity (Wildman–Crippen MR) is 137 cm³/mol. The van der Waals surface area contributed by atoms with E-state index in [9.17, 15) is 9.59 Å². The number of carboxylic acid groups (broad SMARTS) is 1. The van der Waals surface area contributed by atoms with Crippen molar-refractivity contribution in [3.05, 3.63) is 70.8 Å². The molecular formula is C25H23N3O4S2. The van der Waals surface area contributed by atoms with Crippen LogP contribution in [0, 0.1) is 6.92 Å². The molecule has 4 rings (SSSR count). The van der Waals surface area contributed by atoms with E-state index in [1.165, 1.54) is 16.7 Å². The Bertz CT molecular complexity index is 1280. The molecule has 1 fully saturated rings. The van der Waals surface area contributed by atoms with E-state index in [1.54, 1.807) is 10.8 Å². The number of rotatable bonds is 8. The largest absolute Gasteiger partial charge is 0.494 e. The predicted octanol–water partition coefficient (Wildman–Crippen LogP) is 4.92. The first kappa shape index (κ1) is 23.7. The molecule has 0 atom stereocenters. The first-order valence-electron chi connectivity index (χ1n) is 10.7. The fourth-order valence-corrected chi connectivity index (χ4v) is 4.91. The Morgan fingerprint density at radius 1 is 1.24 bits per heavy atom. The molecule has 0 aliphatic carbocycles. The number of thiocarbonyl (C=S) groups is 1. The lowest BCUT2D eigenvalue weighted by atomic mass is 10.0. The summed E-state index contributed by atoms with van der Waals surface area (Å²) >= 11 is 6.50. The van der Waals surface area contributed by atoms with Gasteiger partial charge in [-0.1, -0.05) is 42.2 Å². The van der Waals surface area contributed by atoms with Crippen molar-refractivity contribution < 1.29 is 19.4 Å². The number of aryl methyl sites for hydroxylation is 1. The van der Waals surface area contributed by atoms with E-state index in [0.717, 1.165) is 33.8 Å². The number of nitrogens with zero attached hydrogens (tertiary/aromatic N) is 3. The van der Waals surface area contributed by atoms with Crippen molar-refractivity contribution in [3.8, 4) is 22.7 Å². The first-order valence-corrected chi connectivity index (χ1v) is 12.0. The second-order valence-electron chi connectivity index (χ2n) is 7.60. The van der Waals surface area contributed by atoms with Crippen molar-refractivity contribution in [2.24, 2.45) is 0 Å². The van der Waals surface area contributed by atoms with E-state index in [1.807, 2.05) is 68.6 Å². The molecule has 2 heterocycles. The summed E-state index contributed by atoms with van der Waals surface area (Å²) in [5.41, 5.74) is 4.29. The normalized spacial score (nSPS) is 14.8. The minimum Gasteiger partial charge on any atom is -0.494 e. The average Bonchev–Trinajstić information content (AvgIpc) is 3.34. The number of carboxylic acids is 1. The number of carbonyl (C=O) groups excluding carboxylic acids is 1. The molecule has 1 N–H and O–H groups in total. The van der Waals surface area contributed by atoms with Crippen LogP contribution in [0.1, 0.15) is 24.5 Å². The Labute approximate surface area is 207 Å². The number of aromatic nitrogens is 2. The molecule has 0 bridgehead atoms. The summed E-state index contributed by atoms with van der Waals surface area (Å²) in [5, 5.41) is 13.8. The number of para-hydroxylation sites is 1. The van der Waals surface area contributed by atoms with Gasteiger partial charge in [0.2, 0.25) is 0 Å². The molecule has 174 valence electrons. The van der Waals surface area contributed by atoms with Gasteiger partial charge in [0.15, 0.2) is 0 Å². The van der Waals surface area contributed by atoms with Crippen molar-refractivity contribution in [1.29, 1.82) is 0 Å². The van der Waals surface area contributed by atoms with Crippen LogP contribution in [0.5, 0.6) is 5.75 Å². The number of benzene rings is 2. The molecule has 1 aliphatic heterocycles. The second-order valence-corrected chi connectivity index (χ2v) is 9.28. The highest BCUT2D eigenvalue weighted by atomic mass is 32.2. The van der Waals surface area contributed by atoms with Crippen LogP contribution < -0.4 is 4.74 Å². The fourth-order valence-electron chi connectivity index (χ4n) is 3.61. The molecule has 2 aromatic carbocycles. The molecule has 0 unspecified atom stereocenters. The molecule has 1 amide bonds. The van der Waals surface area contributed by atoms with Crippen molar-refractivity contribution in [2.75, 3.05) is 13.2 Å². The fraction of sp³-hybridized carbons (Fsp3) is 0.200. The van der Waals surface area contributed by atoms with E-state index < -0.39 is 5.97 Å². The van der Waals surface area contributed by atoms with E-state index >= 15 is 0 Å². The van der Waals surface area contributed by atoms with Gasteiger partial charge < -0.3 is 9.84 Å². The van der Waals surface area contributed by atoms with Gasteiger partial charge in [-0.15, -0.1) is 0 Å². The number of hydrogen-bond acceptors (Lipinski definition) is 6. The monoisotopic (exact) mass is 493 g/mol. The Hall–Kier alpha value is -3.43. The maximum atomic E-state index is 13.0. The van der Waals surface area contributed by atoms with Gasteiger partial charge in [0.1, 0.15) is 15.8 Å². The maximum absolute atomic E-state index is 13.0. The highest BCUT2D eigenvalue weighted by Gasteiger charge is 2.32. The third-order valence-electron chi connectivity index (χ3n) is 5.24. The zero-order chi connectivity index (χ0) is 24.2. The smallest absolute Gasteiger partial charge is 0.305 e. The number of hydrogen-bond donors (Lipinski definition) is 1. The summed E-state index contributed by atoms with van der Waals surface area (Å²) in [6.45, 7) is 4.56. The van der Waals surface area contributed by atoms with Gasteiger partial charge in [-0.3, -0.25) is 14.5 Å². The molecule has 1 saturated heterocycles. The number of amides is 1. The van der Waals surface area contributed by atoms with Crippen LogP contribution in [0.4, 0.5) is 0 Å². The molecular weight excluding hydrogens is 470 g/mol. The summed E-state index contributed by atoms with van der Waals surface area (Å²) in [7, 11) is 0. The van der Waals surface area contributed by atoms with Crippen molar-refractivity contribution in [2.45, 2.75) is 20.3 Å². The zero-order valence-electron chi connectivity index (χ0n) is 18.7. The Morgan fingerprint density at radius 3 is 2.68 bits per heavy atom. The molecule has 0 radical (unpaired) electrons. The molecule has 3 aromatic rings. The highest BCUT2D eigenvalue weighted by molar-refractivity contribution is 8.26. The van der Waals surface area contributed by atoms with Crippen LogP contribution in [0.3, 0.4) is 0 Å².